The molecule has 0 fully saturated rings. The lowest BCUT2D eigenvalue weighted by Crippen LogP contribution is -2.09. The molecule has 0 aliphatic carbocycles. The van der Waals surface area contributed by atoms with Crippen LogP contribution in [-0.2, 0) is 13.0 Å². The first-order chi connectivity index (χ1) is 7.11. The molecule has 0 saturated heterocycles. The Morgan fingerprint density at radius 3 is 2.73 bits per heavy atom. The van der Waals surface area contributed by atoms with Crippen molar-refractivity contribution in [3.8, 4) is 6.07 Å². The zero-order chi connectivity index (χ0) is 11.4. The van der Waals surface area contributed by atoms with Crippen molar-refractivity contribution in [1.82, 2.24) is 4.98 Å². The molecule has 6 heteroatoms. The number of pyridine rings is 1. The first-order valence-electron chi connectivity index (χ1n) is 4.13. The Kier molecular flexibility index (Phi) is 3.95. The van der Waals surface area contributed by atoms with Crippen molar-refractivity contribution >= 4 is 11.6 Å². The molecule has 1 aromatic rings. The summed E-state index contributed by atoms with van der Waals surface area (Å²) in [5.74, 6) is 0. The lowest BCUT2D eigenvalue weighted by Gasteiger charge is -2.11. The van der Waals surface area contributed by atoms with Gasteiger partial charge in [0.05, 0.1) is 23.2 Å². The molecule has 0 saturated carbocycles. The van der Waals surface area contributed by atoms with Gasteiger partial charge in [-0.2, -0.15) is 5.26 Å². The fourth-order valence-electron chi connectivity index (χ4n) is 1.27. The maximum Gasteiger partial charge on any atom is 0.265 e. The quantitative estimate of drug-likeness (QED) is 0.867. The van der Waals surface area contributed by atoms with E-state index < -0.39 is 6.43 Å². The summed E-state index contributed by atoms with van der Waals surface area (Å²) < 4.78 is 25.3. The Labute approximate surface area is 90.5 Å². The number of nitriles is 1. The number of rotatable bonds is 3. The second-order valence-corrected chi connectivity index (χ2v) is 3.19. The van der Waals surface area contributed by atoms with Crippen molar-refractivity contribution in [2.24, 2.45) is 5.73 Å². The van der Waals surface area contributed by atoms with Gasteiger partial charge in [-0.15, -0.1) is 0 Å². The maximum absolute atomic E-state index is 12.6. The minimum Gasteiger partial charge on any atom is -0.326 e. The summed E-state index contributed by atoms with van der Waals surface area (Å²) in [6, 6.07) is 1.84. The van der Waals surface area contributed by atoms with Gasteiger partial charge in [-0.1, -0.05) is 11.6 Å². The highest BCUT2D eigenvalue weighted by atomic mass is 35.5. The molecule has 0 aliphatic heterocycles. The normalized spacial score (nSPS) is 10.4. The van der Waals surface area contributed by atoms with Crippen LogP contribution in [0.25, 0.3) is 0 Å². The molecular formula is C9H8ClF2N3. The Balaban J connectivity index is 3.34. The molecule has 0 radical (unpaired) electrons. The van der Waals surface area contributed by atoms with Crippen molar-refractivity contribution in [3.05, 3.63) is 28.0 Å². The molecular weight excluding hydrogens is 224 g/mol. The highest BCUT2D eigenvalue weighted by molar-refractivity contribution is 6.31. The summed E-state index contributed by atoms with van der Waals surface area (Å²) in [7, 11) is 0. The van der Waals surface area contributed by atoms with Crippen molar-refractivity contribution in [2.45, 2.75) is 19.4 Å². The van der Waals surface area contributed by atoms with Crippen LogP contribution in [0.15, 0.2) is 6.20 Å². The van der Waals surface area contributed by atoms with Gasteiger partial charge in [0.2, 0.25) is 0 Å². The van der Waals surface area contributed by atoms with Crippen LogP contribution in [0.4, 0.5) is 8.78 Å². The molecule has 0 unspecified atom stereocenters. The van der Waals surface area contributed by atoms with Gasteiger partial charge in [0.15, 0.2) is 0 Å². The summed E-state index contributed by atoms with van der Waals surface area (Å²) in [5.41, 5.74) is 5.46. The number of halogens is 3. The van der Waals surface area contributed by atoms with Crippen LogP contribution in [0.5, 0.6) is 0 Å². The Hall–Kier alpha value is -1.25. The van der Waals surface area contributed by atoms with Gasteiger partial charge in [0.25, 0.3) is 6.43 Å². The van der Waals surface area contributed by atoms with Crippen molar-refractivity contribution in [3.63, 3.8) is 0 Å². The smallest absolute Gasteiger partial charge is 0.265 e. The fraction of sp³-hybridized carbons (Fsp3) is 0.333. The fourth-order valence-corrected chi connectivity index (χ4v) is 1.52. The minimum absolute atomic E-state index is 0.0522. The third-order valence-corrected chi connectivity index (χ3v) is 2.23. The Morgan fingerprint density at radius 1 is 1.60 bits per heavy atom. The summed E-state index contributed by atoms with van der Waals surface area (Å²) in [5, 5.41) is 8.37. The van der Waals surface area contributed by atoms with Gasteiger partial charge in [0, 0.05) is 18.3 Å². The molecule has 0 aromatic carbocycles. The second-order valence-electron chi connectivity index (χ2n) is 2.78. The molecule has 0 spiro atoms. The van der Waals surface area contributed by atoms with Crippen molar-refractivity contribution < 1.29 is 8.78 Å². The number of hydrogen-bond acceptors (Lipinski definition) is 3. The van der Waals surface area contributed by atoms with Crippen molar-refractivity contribution in [1.29, 1.82) is 5.26 Å². The molecule has 2 N–H and O–H groups in total. The summed E-state index contributed by atoms with van der Waals surface area (Å²) in [4.78, 5) is 3.81. The average Bonchev–Trinajstić information content (AvgIpc) is 2.19. The largest absolute Gasteiger partial charge is 0.326 e. The summed E-state index contributed by atoms with van der Waals surface area (Å²) in [6.45, 7) is -0.107. The van der Waals surface area contributed by atoms with Crippen LogP contribution in [0.1, 0.15) is 23.2 Å². The standard InChI is InChI=1S/C9H8ClF2N3/c10-6-4-15-7(1-2-13)5(3-14)8(6)9(11)12/h4,9H,1,3,14H2. The SMILES string of the molecule is N#CCc1ncc(Cl)c(C(F)F)c1CN. The molecule has 0 bridgehead atoms. The molecule has 0 atom stereocenters. The zero-order valence-corrected chi connectivity index (χ0v) is 8.43. The average molecular weight is 232 g/mol. The minimum atomic E-state index is -2.71. The van der Waals surface area contributed by atoms with E-state index in [0.717, 1.165) is 6.20 Å². The zero-order valence-electron chi connectivity index (χ0n) is 7.67. The molecule has 1 heterocycles. The number of hydrogen-bond donors (Lipinski definition) is 1. The van der Waals surface area contributed by atoms with Gasteiger partial charge < -0.3 is 5.73 Å². The van der Waals surface area contributed by atoms with Crippen LogP contribution in [0.3, 0.4) is 0 Å². The van der Waals surface area contributed by atoms with Crippen LogP contribution in [0, 0.1) is 11.3 Å². The third-order valence-electron chi connectivity index (χ3n) is 1.93. The van der Waals surface area contributed by atoms with Gasteiger partial charge in [-0.05, 0) is 5.56 Å². The van der Waals surface area contributed by atoms with Gasteiger partial charge in [-0.25, -0.2) is 8.78 Å². The van der Waals surface area contributed by atoms with Crippen LogP contribution in [0.2, 0.25) is 5.02 Å². The predicted octanol–water partition coefficient (Wildman–Crippen LogP) is 2.20. The van der Waals surface area contributed by atoms with Gasteiger partial charge in [0.1, 0.15) is 0 Å². The van der Waals surface area contributed by atoms with Crippen molar-refractivity contribution in [2.75, 3.05) is 0 Å². The summed E-state index contributed by atoms with van der Waals surface area (Å²) >= 11 is 5.59. The van der Waals surface area contributed by atoms with E-state index in [4.69, 9.17) is 22.6 Å². The number of nitrogens with zero attached hydrogens (tertiary/aromatic N) is 2. The van der Waals surface area contributed by atoms with E-state index in [2.05, 4.69) is 4.98 Å². The molecule has 0 aliphatic rings. The monoisotopic (exact) mass is 231 g/mol. The first kappa shape index (κ1) is 11.8. The molecule has 15 heavy (non-hydrogen) atoms. The molecule has 1 aromatic heterocycles. The van der Waals surface area contributed by atoms with E-state index in [-0.39, 0.29) is 34.8 Å². The summed E-state index contributed by atoms with van der Waals surface area (Å²) in [6.07, 6.45) is -1.64. The molecule has 80 valence electrons. The Bertz CT molecular complexity index is 401. The van der Waals surface area contributed by atoms with E-state index in [0.29, 0.717) is 0 Å². The van der Waals surface area contributed by atoms with Gasteiger partial charge in [-0.3, -0.25) is 4.98 Å². The number of aromatic nitrogens is 1. The van der Waals surface area contributed by atoms with Crippen LogP contribution < -0.4 is 5.73 Å². The number of alkyl halides is 2. The van der Waals surface area contributed by atoms with E-state index in [1.165, 1.54) is 0 Å². The topological polar surface area (TPSA) is 62.7 Å². The predicted molar refractivity (Wildman–Crippen MR) is 51.4 cm³/mol. The highest BCUT2D eigenvalue weighted by Crippen LogP contribution is 2.31. The number of nitrogens with two attached hydrogens (primary N) is 1. The van der Waals surface area contributed by atoms with E-state index >= 15 is 0 Å². The Morgan fingerprint density at radius 2 is 2.27 bits per heavy atom. The van der Waals surface area contributed by atoms with E-state index in [1.807, 2.05) is 6.07 Å². The third kappa shape index (κ3) is 2.41. The highest BCUT2D eigenvalue weighted by Gasteiger charge is 2.19. The lowest BCUT2D eigenvalue weighted by atomic mass is 10.1. The lowest BCUT2D eigenvalue weighted by molar-refractivity contribution is 0.150. The first-order valence-corrected chi connectivity index (χ1v) is 4.51. The van der Waals surface area contributed by atoms with E-state index in [1.54, 1.807) is 0 Å². The van der Waals surface area contributed by atoms with Gasteiger partial charge >= 0.3 is 0 Å². The van der Waals surface area contributed by atoms with Crippen LogP contribution >= 0.6 is 11.6 Å². The molecule has 0 amide bonds. The maximum atomic E-state index is 12.6. The second kappa shape index (κ2) is 5.01. The molecule has 3 nitrogen and oxygen atoms in total. The van der Waals surface area contributed by atoms with Crippen LogP contribution in [-0.4, -0.2) is 4.98 Å². The van der Waals surface area contributed by atoms with E-state index in [9.17, 15) is 8.78 Å². The molecule has 1 rings (SSSR count).